The molecule has 0 bridgehead atoms. The van der Waals surface area contributed by atoms with Crippen LogP contribution < -0.4 is 10.3 Å². The lowest BCUT2D eigenvalue weighted by molar-refractivity contribution is -0.142. The molecule has 0 amide bonds. The van der Waals surface area contributed by atoms with Crippen LogP contribution in [0.2, 0.25) is 0 Å². The number of hydrogen-bond donors (Lipinski definition) is 1. The number of para-hydroxylation sites is 1. The van der Waals surface area contributed by atoms with Crippen molar-refractivity contribution in [3.63, 3.8) is 0 Å². The van der Waals surface area contributed by atoms with Crippen molar-refractivity contribution in [3.8, 4) is 5.75 Å². The van der Waals surface area contributed by atoms with E-state index in [0.717, 1.165) is 16.0 Å². The summed E-state index contributed by atoms with van der Waals surface area (Å²) in [5, 5.41) is 0.595. The van der Waals surface area contributed by atoms with Gasteiger partial charge < -0.3 is 14.5 Å². The number of hydrogen-bond acceptors (Lipinski definition) is 6. The van der Waals surface area contributed by atoms with Gasteiger partial charge in [0.15, 0.2) is 11.9 Å². The molecule has 3 rings (SSSR count). The van der Waals surface area contributed by atoms with Gasteiger partial charge >= 0.3 is 5.97 Å². The van der Waals surface area contributed by atoms with Crippen molar-refractivity contribution in [1.29, 1.82) is 0 Å². The highest BCUT2D eigenvalue weighted by Crippen LogP contribution is 2.27. The summed E-state index contributed by atoms with van der Waals surface area (Å²) in [6.45, 7) is 7.97. The molecule has 28 heavy (non-hydrogen) atoms. The Labute approximate surface area is 166 Å². The largest absolute Gasteiger partial charge is 0.493 e. The van der Waals surface area contributed by atoms with Crippen LogP contribution in [-0.4, -0.2) is 22.5 Å². The molecule has 3 aromatic rings. The van der Waals surface area contributed by atoms with E-state index in [4.69, 9.17) is 9.47 Å². The van der Waals surface area contributed by atoms with Gasteiger partial charge in [0, 0.05) is 16.5 Å². The second-order valence-electron chi connectivity index (χ2n) is 6.30. The maximum atomic E-state index is 12.4. The van der Waals surface area contributed by atoms with E-state index in [2.05, 4.69) is 9.97 Å². The molecule has 1 atom stereocenters. The van der Waals surface area contributed by atoms with E-state index in [-0.39, 0.29) is 5.56 Å². The normalized spacial score (nSPS) is 12.4. The number of benzene rings is 1. The van der Waals surface area contributed by atoms with Crippen LogP contribution in [0, 0.1) is 13.8 Å². The molecule has 6 nitrogen and oxygen atoms in total. The second-order valence-corrected chi connectivity index (χ2v) is 7.50. The van der Waals surface area contributed by atoms with Gasteiger partial charge in [-0.15, -0.1) is 11.3 Å². The average molecular weight is 398 g/mol. The molecule has 1 aromatic carbocycles. The lowest BCUT2D eigenvalue weighted by Gasteiger charge is -2.11. The number of fused-ring (bicyclic) bond motifs is 1. The average Bonchev–Trinajstić information content (AvgIpc) is 2.95. The number of ether oxygens (including phenoxy) is 2. The molecule has 2 aromatic heterocycles. The third-order valence-corrected chi connectivity index (χ3v) is 5.45. The Morgan fingerprint density at radius 3 is 2.82 bits per heavy atom. The number of carbonyl (C=O) groups excluding carboxylic acids is 1. The van der Waals surface area contributed by atoms with Crippen LogP contribution in [0.5, 0.6) is 5.75 Å². The summed E-state index contributed by atoms with van der Waals surface area (Å²) in [4.78, 5) is 33.5. The van der Waals surface area contributed by atoms with Gasteiger partial charge in [-0.25, -0.2) is 9.78 Å². The van der Waals surface area contributed by atoms with Crippen molar-refractivity contribution < 1.29 is 14.3 Å². The van der Waals surface area contributed by atoms with Crippen molar-refractivity contribution in [2.75, 3.05) is 6.61 Å². The van der Waals surface area contributed by atoms with Crippen LogP contribution in [0.3, 0.4) is 0 Å². The molecule has 2 heterocycles. The summed E-state index contributed by atoms with van der Waals surface area (Å²) >= 11 is 1.46. The van der Waals surface area contributed by atoms with Gasteiger partial charge in [0.2, 0.25) is 0 Å². The van der Waals surface area contributed by atoms with Gasteiger partial charge in [0.1, 0.15) is 10.6 Å². The molecule has 146 valence electrons. The lowest BCUT2D eigenvalue weighted by atomic mass is 10.2. The first-order valence-electron chi connectivity index (χ1n) is 9.01. The molecule has 0 unspecified atom stereocenters. The lowest BCUT2D eigenvalue weighted by Crippen LogP contribution is -2.16. The topological polar surface area (TPSA) is 81.3 Å². The summed E-state index contributed by atoms with van der Waals surface area (Å²) in [5.74, 6) is 0.497. The smallest absolute Gasteiger partial charge is 0.331 e. The van der Waals surface area contributed by atoms with E-state index in [0.29, 0.717) is 28.4 Å². The fourth-order valence-electron chi connectivity index (χ4n) is 2.80. The van der Waals surface area contributed by atoms with Gasteiger partial charge in [-0.2, -0.15) is 0 Å². The highest BCUT2D eigenvalue weighted by molar-refractivity contribution is 7.18. The third-order valence-electron chi connectivity index (χ3n) is 4.35. The van der Waals surface area contributed by atoms with Crippen LogP contribution in [0.4, 0.5) is 0 Å². The van der Waals surface area contributed by atoms with Crippen LogP contribution >= 0.6 is 11.3 Å². The molecule has 0 aliphatic heterocycles. The number of aryl methyl sites for hydroxylation is 2. The number of carbonyl (C=O) groups is 1. The number of aromatic amines is 1. The van der Waals surface area contributed by atoms with Crippen LogP contribution in [-0.2, 0) is 9.53 Å². The zero-order chi connectivity index (χ0) is 20.3. The van der Waals surface area contributed by atoms with Crippen molar-refractivity contribution >= 4 is 33.6 Å². The molecule has 7 heteroatoms. The number of nitrogens with zero attached hydrogens (tertiary/aromatic N) is 1. The monoisotopic (exact) mass is 398 g/mol. The molecular formula is C21H22N2O4S. The number of thiophene rings is 1. The number of nitrogens with one attached hydrogen (secondary N) is 1. The third kappa shape index (κ3) is 4.14. The molecule has 0 fully saturated rings. The molecule has 0 saturated heterocycles. The molecule has 1 N–H and O–H groups in total. The summed E-state index contributed by atoms with van der Waals surface area (Å²) in [6.07, 6.45) is 2.30. The fraction of sp³-hybridized carbons (Fsp3) is 0.286. The molecule has 0 spiro atoms. The van der Waals surface area contributed by atoms with Crippen LogP contribution in [0.25, 0.3) is 16.3 Å². The number of aromatic nitrogens is 2. The van der Waals surface area contributed by atoms with E-state index in [1.807, 2.05) is 45.0 Å². The van der Waals surface area contributed by atoms with Crippen molar-refractivity contribution in [1.82, 2.24) is 9.97 Å². The second kappa shape index (κ2) is 8.39. The molecule has 0 saturated carbocycles. The molecular weight excluding hydrogens is 376 g/mol. The first-order valence-corrected chi connectivity index (χ1v) is 9.82. The zero-order valence-corrected chi connectivity index (χ0v) is 17.1. The number of rotatable bonds is 6. The Hall–Kier alpha value is -2.93. The fourth-order valence-corrected chi connectivity index (χ4v) is 3.83. The number of esters is 1. The standard InChI is InChI=1S/C21H22N2O4S/c1-5-26-16-9-7-6-8-15(16)10-11-17(24)27-13(3)19-22-20(25)18-12(2)14(4)28-21(18)23-19/h6-11,13H,5H2,1-4H3,(H,22,23,25)/b11-10+/t13-/m1/s1. The minimum Gasteiger partial charge on any atom is -0.493 e. The van der Waals surface area contributed by atoms with E-state index >= 15 is 0 Å². The summed E-state index contributed by atoms with van der Waals surface area (Å²) in [7, 11) is 0. The maximum absolute atomic E-state index is 12.4. The molecule has 0 aliphatic rings. The SMILES string of the molecule is CCOc1ccccc1/C=C/C(=O)O[C@H](C)c1nc2sc(C)c(C)c2c(=O)[nH]1. The Balaban J connectivity index is 1.76. The van der Waals surface area contributed by atoms with Crippen molar-refractivity contribution in [3.05, 3.63) is 62.5 Å². The van der Waals surface area contributed by atoms with E-state index in [1.54, 1.807) is 13.0 Å². The molecule has 0 radical (unpaired) electrons. The highest BCUT2D eigenvalue weighted by atomic mass is 32.1. The van der Waals surface area contributed by atoms with Crippen LogP contribution in [0.1, 0.15) is 41.8 Å². The Bertz CT molecular complexity index is 1100. The van der Waals surface area contributed by atoms with Gasteiger partial charge in [-0.05, 0) is 45.4 Å². The Morgan fingerprint density at radius 2 is 2.07 bits per heavy atom. The zero-order valence-electron chi connectivity index (χ0n) is 16.2. The quantitative estimate of drug-likeness (QED) is 0.494. The summed E-state index contributed by atoms with van der Waals surface area (Å²) < 4.78 is 10.9. The minimum atomic E-state index is -0.681. The van der Waals surface area contributed by atoms with E-state index in [9.17, 15) is 9.59 Å². The highest BCUT2D eigenvalue weighted by Gasteiger charge is 2.17. The van der Waals surface area contributed by atoms with Gasteiger partial charge in [-0.1, -0.05) is 18.2 Å². The maximum Gasteiger partial charge on any atom is 0.331 e. The van der Waals surface area contributed by atoms with Crippen molar-refractivity contribution in [2.45, 2.75) is 33.8 Å². The van der Waals surface area contributed by atoms with Crippen molar-refractivity contribution in [2.24, 2.45) is 0 Å². The first kappa shape index (κ1) is 19.8. The molecule has 0 aliphatic carbocycles. The van der Waals surface area contributed by atoms with E-state index in [1.165, 1.54) is 17.4 Å². The predicted molar refractivity (Wildman–Crippen MR) is 111 cm³/mol. The summed E-state index contributed by atoms with van der Waals surface area (Å²) in [6, 6.07) is 7.43. The van der Waals surface area contributed by atoms with Gasteiger partial charge in [-0.3, -0.25) is 4.79 Å². The number of H-pyrrole nitrogens is 1. The van der Waals surface area contributed by atoms with Gasteiger partial charge in [0.25, 0.3) is 5.56 Å². The summed E-state index contributed by atoms with van der Waals surface area (Å²) in [5.41, 5.74) is 1.50. The van der Waals surface area contributed by atoms with E-state index < -0.39 is 12.1 Å². The Morgan fingerprint density at radius 1 is 1.32 bits per heavy atom. The first-order chi connectivity index (χ1) is 13.4. The van der Waals surface area contributed by atoms with Crippen LogP contribution in [0.15, 0.2) is 35.1 Å². The minimum absolute atomic E-state index is 0.217. The Kier molecular flexibility index (Phi) is 5.94. The predicted octanol–water partition coefficient (Wildman–Crippen LogP) is 4.32. The van der Waals surface area contributed by atoms with Gasteiger partial charge in [0.05, 0.1) is 12.0 Å².